The first-order valence-electron chi connectivity index (χ1n) is 8.06. The minimum Gasteiger partial charge on any atom is -0.375 e. The summed E-state index contributed by atoms with van der Waals surface area (Å²) in [5, 5.41) is 9.40. The van der Waals surface area contributed by atoms with Crippen LogP contribution in [0.5, 0.6) is 0 Å². The highest BCUT2D eigenvalue weighted by Gasteiger charge is 2.27. The Morgan fingerprint density at radius 3 is 3.14 bits per heavy atom. The second-order valence-corrected chi connectivity index (χ2v) is 6.70. The predicted molar refractivity (Wildman–Crippen MR) is 87.5 cm³/mol. The molecule has 122 valence electrons. The Morgan fingerprint density at radius 2 is 2.36 bits per heavy atom. The van der Waals surface area contributed by atoms with Crippen molar-refractivity contribution in [2.24, 2.45) is 0 Å². The van der Waals surface area contributed by atoms with E-state index in [1.165, 1.54) is 12.8 Å². The predicted octanol–water partition coefficient (Wildman–Crippen LogP) is 0.779. The van der Waals surface area contributed by atoms with Crippen LogP contribution in [0.2, 0.25) is 0 Å². The molecule has 2 N–H and O–H groups in total. The highest BCUT2D eigenvalue weighted by atomic mass is 32.1. The molecule has 3 rings (SSSR count). The number of morpholine rings is 1. The summed E-state index contributed by atoms with van der Waals surface area (Å²) in [5.74, 6) is 0.0159. The van der Waals surface area contributed by atoms with Crippen molar-refractivity contribution >= 4 is 22.4 Å². The Morgan fingerprint density at radius 1 is 1.55 bits per heavy atom. The van der Waals surface area contributed by atoms with Gasteiger partial charge in [-0.2, -0.15) is 0 Å². The van der Waals surface area contributed by atoms with Crippen molar-refractivity contribution in [2.45, 2.75) is 38.3 Å². The van der Waals surface area contributed by atoms with Gasteiger partial charge in [0.15, 0.2) is 5.13 Å². The number of aromatic nitrogens is 1. The molecule has 1 amide bonds. The van der Waals surface area contributed by atoms with E-state index in [1.54, 1.807) is 11.3 Å². The lowest BCUT2D eigenvalue weighted by molar-refractivity contribution is -0.128. The molecule has 0 bridgehead atoms. The molecule has 1 aromatic rings. The number of carbonyl (C=O) groups excluding carboxylic acids is 1. The van der Waals surface area contributed by atoms with Crippen LogP contribution in [0.25, 0.3) is 0 Å². The van der Waals surface area contributed by atoms with E-state index < -0.39 is 0 Å². The third-order valence-electron chi connectivity index (χ3n) is 4.20. The number of hydrogen-bond acceptors (Lipinski definition) is 6. The maximum absolute atomic E-state index is 12.1. The minimum absolute atomic E-state index is 0.0159. The molecule has 0 spiro atoms. The number of rotatable bonds is 5. The highest BCUT2D eigenvalue weighted by Crippen LogP contribution is 2.24. The van der Waals surface area contributed by atoms with Crippen molar-refractivity contribution in [3.05, 3.63) is 11.1 Å². The van der Waals surface area contributed by atoms with Crippen LogP contribution in [-0.2, 0) is 16.0 Å². The molecule has 0 aliphatic carbocycles. The van der Waals surface area contributed by atoms with Gasteiger partial charge in [0.05, 0.1) is 18.4 Å². The van der Waals surface area contributed by atoms with Gasteiger partial charge in [0, 0.05) is 38.0 Å². The van der Waals surface area contributed by atoms with Gasteiger partial charge in [-0.25, -0.2) is 4.98 Å². The Balaban J connectivity index is 1.43. The normalized spacial score (nSPS) is 25.4. The average Bonchev–Trinajstić information content (AvgIpc) is 3.18. The van der Waals surface area contributed by atoms with Crippen LogP contribution in [0.3, 0.4) is 0 Å². The lowest BCUT2D eigenvalue weighted by Crippen LogP contribution is -2.55. The third kappa shape index (κ3) is 3.77. The van der Waals surface area contributed by atoms with Crippen LogP contribution < -0.4 is 15.5 Å². The Kier molecular flexibility index (Phi) is 5.28. The van der Waals surface area contributed by atoms with Gasteiger partial charge in [0.1, 0.15) is 6.04 Å². The molecule has 6 nitrogen and oxygen atoms in total. The van der Waals surface area contributed by atoms with Crippen molar-refractivity contribution in [3.63, 3.8) is 0 Å². The summed E-state index contributed by atoms with van der Waals surface area (Å²) in [6, 6.07) is -0.246. The minimum atomic E-state index is -0.246. The first kappa shape index (κ1) is 15.7. The maximum atomic E-state index is 12.1. The molecule has 2 aliphatic heterocycles. The second kappa shape index (κ2) is 7.39. The highest BCUT2D eigenvalue weighted by molar-refractivity contribution is 7.13. The second-order valence-electron chi connectivity index (χ2n) is 5.86. The van der Waals surface area contributed by atoms with Crippen LogP contribution in [0.15, 0.2) is 5.38 Å². The van der Waals surface area contributed by atoms with Crippen LogP contribution in [0, 0.1) is 0 Å². The molecule has 2 saturated heterocycles. The average molecular weight is 324 g/mol. The van der Waals surface area contributed by atoms with Crippen LogP contribution in [0.1, 0.15) is 25.5 Å². The number of nitrogens with one attached hydrogen (secondary N) is 2. The van der Waals surface area contributed by atoms with Crippen molar-refractivity contribution in [1.82, 2.24) is 15.6 Å². The first-order valence-corrected chi connectivity index (χ1v) is 8.94. The number of carbonyl (C=O) groups is 1. The summed E-state index contributed by atoms with van der Waals surface area (Å²) in [5.41, 5.74) is 1.06. The fraction of sp³-hybridized carbons (Fsp3) is 0.733. The van der Waals surface area contributed by atoms with Crippen molar-refractivity contribution in [2.75, 3.05) is 37.7 Å². The van der Waals surface area contributed by atoms with E-state index >= 15 is 0 Å². The quantitative estimate of drug-likeness (QED) is 0.838. The van der Waals surface area contributed by atoms with Gasteiger partial charge in [0.2, 0.25) is 5.91 Å². The van der Waals surface area contributed by atoms with Gasteiger partial charge < -0.3 is 20.3 Å². The molecule has 0 saturated carbocycles. The van der Waals surface area contributed by atoms with E-state index in [0.717, 1.165) is 36.9 Å². The number of nitrogens with zero attached hydrogens (tertiary/aromatic N) is 2. The zero-order valence-electron chi connectivity index (χ0n) is 13.0. The number of amides is 1. The molecule has 0 aromatic carbocycles. The van der Waals surface area contributed by atoms with E-state index in [2.05, 4.69) is 25.9 Å². The zero-order valence-corrected chi connectivity index (χ0v) is 13.8. The standard InChI is InChI=1S/C15H24N4O2S/c1-11-13(16-6-9-21-11)14(20)17-5-4-12-10-22-15(18-12)19-7-2-3-8-19/h10-11,13,16H,2-9H2,1H3,(H,17,20)/t11-,13+/m1/s1. The summed E-state index contributed by atoms with van der Waals surface area (Å²) in [6.45, 7) is 6.19. The molecule has 2 fully saturated rings. The van der Waals surface area contributed by atoms with E-state index in [9.17, 15) is 4.79 Å². The van der Waals surface area contributed by atoms with Gasteiger partial charge in [-0.1, -0.05) is 0 Å². The van der Waals surface area contributed by atoms with Gasteiger partial charge in [-0.05, 0) is 19.8 Å². The first-order chi connectivity index (χ1) is 10.7. The van der Waals surface area contributed by atoms with Gasteiger partial charge in [0.25, 0.3) is 0 Å². The Labute approximate surface area is 135 Å². The molecule has 7 heteroatoms. The summed E-state index contributed by atoms with van der Waals surface area (Å²) >= 11 is 1.70. The molecular formula is C15H24N4O2S. The zero-order chi connectivity index (χ0) is 15.4. The van der Waals surface area contributed by atoms with E-state index in [4.69, 9.17) is 4.74 Å². The Hall–Kier alpha value is -1.18. The number of ether oxygens (including phenoxy) is 1. The lowest BCUT2D eigenvalue weighted by atomic mass is 10.1. The fourth-order valence-corrected chi connectivity index (χ4v) is 3.83. The lowest BCUT2D eigenvalue weighted by Gasteiger charge is -2.29. The largest absolute Gasteiger partial charge is 0.375 e. The molecule has 0 radical (unpaired) electrons. The van der Waals surface area contributed by atoms with Crippen molar-refractivity contribution < 1.29 is 9.53 Å². The summed E-state index contributed by atoms with van der Waals surface area (Å²) in [4.78, 5) is 19.1. The monoisotopic (exact) mass is 324 g/mol. The Bertz CT molecular complexity index is 501. The fourth-order valence-electron chi connectivity index (χ4n) is 2.92. The SMILES string of the molecule is C[C@H]1OCCN[C@@H]1C(=O)NCCc1csc(N2CCCC2)n1. The van der Waals surface area contributed by atoms with Crippen molar-refractivity contribution in [1.29, 1.82) is 0 Å². The number of hydrogen-bond donors (Lipinski definition) is 2. The smallest absolute Gasteiger partial charge is 0.239 e. The van der Waals surface area contributed by atoms with Crippen LogP contribution in [0.4, 0.5) is 5.13 Å². The maximum Gasteiger partial charge on any atom is 0.239 e. The van der Waals surface area contributed by atoms with E-state index in [0.29, 0.717) is 13.2 Å². The summed E-state index contributed by atoms with van der Waals surface area (Å²) in [7, 11) is 0. The van der Waals surface area contributed by atoms with Gasteiger partial charge >= 0.3 is 0 Å². The molecule has 3 heterocycles. The third-order valence-corrected chi connectivity index (χ3v) is 5.15. The summed E-state index contributed by atoms with van der Waals surface area (Å²) < 4.78 is 5.50. The molecule has 2 atom stereocenters. The van der Waals surface area contributed by atoms with Crippen LogP contribution in [-0.4, -0.2) is 55.8 Å². The van der Waals surface area contributed by atoms with Crippen LogP contribution >= 0.6 is 11.3 Å². The molecule has 1 aromatic heterocycles. The van der Waals surface area contributed by atoms with Gasteiger partial charge in [-0.15, -0.1) is 11.3 Å². The van der Waals surface area contributed by atoms with E-state index in [-0.39, 0.29) is 18.1 Å². The molecule has 0 unspecified atom stereocenters. The number of thiazole rings is 1. The van der Waals surface area contributed by atoms with Crippen molar-refractivity contribution in [3.8, 4) is 0 Å². The molecule has 2 aliphatic rings. The topological polar surface area (TPSA) is 66.5 Å². The molecule has 22 heavy (non-hydrogen) atoms. The van der Waals surface area contributed by atoms with Gasteiger partial charge in [-0.3, -0.25) is 4.79 Å². The number of anilines is 1. The van der Waals surface area contributed by atoms with E-state index in [1.807, 2.05) is 6.92 Å². The molecular weight excluding hydrogens is 300 g/mol. The summed E-state index contributed by atoms with van der Waals surface area (Å²) in [6.07, 6.45) is 3.23.